The van der Waals surface area contributed by atoms with E-state index in [9.17, 15) is 14.0 Å². The van der Waals surface area contributed by atoms with Gasteiger partial charge < -0.3 is 15.2 Å². The Balaban J connectivity index is 2.10. The van der Waals surface area contributed by atoms with Gasteiger partial charge in [-0.25, -0.2) is 9.37 Å². The molecule has 0 radical (unpaired) electrons. The highest BCUT2D eigenvalue weighted by Crippen LogP contribution is 2.30. The number of fused-ring (bicyclic) bond motifs is 1. The second-order valence-corrected chi connectivity index (χ2v) is 9.88. The van der Waals surface area contributed by atoms with E-state index in [1.165, 1.54) is 13.1 Å². The first-order valence-corrected chi connectivity index (χ1v) is 11.1. The number of imidazole rings is 1. The van der Waals surface area contributed by atoms with E-state index in [4.69, 9.17) is 11.6 Å². The first-order valence-electron chi connectivity index (χ1n) is 10.7. The van der Waals surface area contributed by atoms with Crippen LogP contribution in [0.15, 0.2) is 18.2 Å². The third kappa shape index (κ3) is 4.81. The molecule has 2 heterocycles. The number of hydrogen-bond donors (Lipinski definition) is 2. The van der Waals surface area contributed by atoms with Crippen molar-refractivity contribution in [3.63, 3.8) is 0 Å². The molecule has 1 aliphatic rings. The summed E-state index contributed by atoms with van der Waals surface area (Å²) in [5.74, 6) is -0.860. The number of hydrogen-bond acceptors (Lipinski definition) is 4. The average molecular weight is 464 g/mol. The number of benzene rings is 1. The molecule has 0 fully saturated rings. The van der Waals surface area contributed by atoms with Crippen molar-refractivity contribution in [2.24, 2.45) is 5.41 Å². The lowest BCUT2D eigenvalue weighted by Crippen LogP contribution is -2.53. The van der Waals surface area contributed by atoms with Gasteiger partial charge in [0.25, 0.3) is 5.91 Å². The summed E-state index contributed by atoms with van der Waals surface area (Å²) >= 11 is 5.94. The van der Waals surface area contributed by atoms with Crippen molar-refractivity contribution in [2.45, 2.75) is 59.3 Å². The minimum atomic E-state index is -0.754. The van der Waals surface area contributed by atoms with E-state index >= 15 is 0 Å². The molecule has 2 aromatic rings. The Morgan fingerprint density at radius 3 is 2.59 bits per heavy atom. The minimum Gasteiger partial charge on any atom is -0.357 e. The molecule has 3 rings (SSSR count). The highest BCUT2D eigenvalue weighted by Gasteiger charge is 2.35. The Hall–Kier alpha value is -2.45. The van der Waals surface area contributed by atoms with E-state index in [2.05, 4.69) is 27.4 Å². The van der Waals surface area contributed by atoms with Crippen LogP contribution in [0.1, 0.15) is 50.3 Å². The second-order valence-electron chi connectivity index (χ2n) is 9.45. The molecule has 1 unspecified atom stereocenters. The van der Waals surface area contributed by atoms with Gasteiger partial charge in [-0.1, -0.05) is 32.4 Å². The van der Waals surface area contributed by atoms with Crippen molar-refractivity contribution in [1.29, 1.82) is 0 Å². The molecule has 0 spiro atoms. The molecule has 2 atom stereocenters. The molecule has 2 amide bonds. The number of amides is 2. The van der Waals surface area contributed by atoms with E-state index in [0.29, 0.717) is 29.6 Å². The van der Waals surface area contributed by atoms with Gasteiger partial charge in [0, 0.05) is 31.2 Å². The fourth-order valence-electron chi connectivity index (χ4n) is 3.89. The molecular formula is C23H31ClFN5O2. The van der Waals surface area contributed by atoms with Crippen molar-refractivity contribution in [2.75, 3.05) is 14.1 Å². The van der Waals surface area contributed by atoms with Crippen molar-refractivity contribution in [1.82, 2.24) is 25.1 Å². The zero-order chi connectivity index (χ0) is 23.8. The van der Waals surface area contributed by atoms with Gasteiger partial charge in [0.2, 0.25) is 5.91 Å². The molecule has 9 heteroatoms. The molecule has 0 aliphatic carbocycles. The largest absolute Gasteiger partial charge is 0.357 e. The molecular weight excluding hydrogens is 433 g/mol. The summed E-state index contributed by atoms with van der Waals surface area (Å²) in [5.41, 5.74) is 0.672. The quantitative estimate of drug-likeness (QED) is 0.727. The van der Waals surface area contributed by atoms with Crippen LogP contribution in [0.3, 0.4) is 0 Å². The maximum absolute atomic E-state index is 14.8. The number of halogens is 2. The molecule has 7 nitrogen and oxygen atoms in total. The molecule has 32 heavy (non-hydrogen) atoms. The minimum absolute atomic E-state index is 0.202. The molecule has 174 valence electrons. The number of nitrogens with one attached hydrogen (secondary N) is 2. The zero-order valence-electron chi connectivity index (χ0n) is 19.4. The highest BCUT2D eigenvalue weighted by molar-refractivity contribution is 6.30. The summed E-state index contributed by atoms with van der Waals surface area (Å²) < 4.78 is 16.7. The number of carbonyl (C=O) groups is 2. The fraction of sp³-hybridized carbons (Fsp3) is 0.522. The normalized spacial score (nSPS) is 17.9. The Kier molecular flexibility index (Phi) is 6.95. The fourth-order valence-corrected chi connectivity index (χ4v) is 4.05. The van der Waals surface area contributed by atoms with Crippen molar-refractivity contribution in [3.05, 3.63) is 40.4 Å². The van der Waals surface area contributed by atoms with Crippen LogP contribution < -0.4 is 10.6 Å². The van der Waals surface area contributed by atoms with Gasteiger partial charge in [-0.2, -0.15) is 0 Å². The molecule has 0 saturated carbocycles. The summed E-state index contributed by atoms with van der Waals surface area (Å²) in [5, 5.41) is 5.75. The predicted molar refractivity (Wildman–Crippen MR) is 123 cm³/mol. The third-order valence-corrected chi connectivity index (χ3v) is 6.27. The van der Waals surface area contributed by atoms with Gasteiger partial charge >= 0.3 is 0 Å². The predicted octanol–water partition coefficient (Wildman–Crippen LogP) is 3.46. The van der Waals surface area contributed by atoms with Gasteiger partial charge in [0.05, 0.1) is 11.3 Å². The number of likely N-dealkylation sites (N-methyl/N-ethyl adjacent to an activating group) is 1. The average Bonchev–Trinajstić information content (AvgIpc) is 2.98. The number of nitrogens with zero attached hydrogens (tertiary/aromatic N) is 3. The number of rotatable bonds is 4. The zero-order valence-corrected chi connectivity index (χ0v) is 20.2. The Bertz CT molecular complexity index is 1030. The second kappa shape index (κ2) is 9.19. The first-order chi connectivity index (χ1) is 14.9. The van der Waals surface area contributed by atoms with Crippen LogP contribution in [-0.2, 0) is 17.9 Å². The lowest BCUT2D eigenvalue weighted by atomic mass is 9.86. The van der Waals surface area contributed by atoms with Crippen LogP contribution in [0.4, 0.5) is 4.39 Å². The molecule has 2 N–H and O–H groups in total. The van der Waals surface area contributed by atoms with Gasteiger partial charge in [-0.05, 0) is 44.0 Å². The Morgan fingerprint density at radius 2 is 2.00 bits per heavy atom. The van der Waals surface area contributed by atoms with Gasteiger partial charge in [0.1, 0.15) is 17.7 Å². The Labute approximate surface area is 193 Å². The van der Waals surface area contributed by atoms with E-state index in [1.54, 1.807) is 12.1 Å². The van der Waals surface area contributed by atoms with Crippen LogP contribution in [0, 0.1) is 11.2 Å². The van der Waals surface area contributed by atoms with Crippen LogP contribution in [-0.4, -0.2) is 52.4 Å². The van der Waals surface area contributed by atoms with E-state index in [1.807, 2.05) is 32.4 Å². The summed E-state index contributed by atoms with van der Waals surface area (Å²) in [7, 11) is 3.52. The van der Waals surface area contributed by atoms with Crippen molar-refractivity contribution in [3.8, 4) is 11.4 Å². The van der Waals surface area contributed by atoms with Gasteiger partial charge in [-0.15, -0.1) is 0 Å². The topological polar surface area (TPSA) is 79.3 Å². The van der Waals surface area contributed by atoms with Gasteiger partial charge in [0.15, 0.2) is 5.69 Å². The lowest BCUT2D eigenvalue weighted by Gasteiger charge is -2.29. The molecule has 1 aromatic carbocycles. The number of carbonyl (C=O) groups excluding carboxylic acids is 2. The standard InChI is InChI=1S/C23H31ClFN5O2/c1-13-9-10-30-17(12-29(13)6)18(21(31)28-19(22(32)26-5)23(2,3)4)27-20(30)15-8-7-14(24)11-16(15)25/h7-8,11,13,19H,9-10,12H2,1-6H3,(H,26,32)(H,28,31)/t13?,19-/m1/s1. The van der Waals surface area contributed by atoms with Crippen LogP contribution in [0.5, 0.6) is 0 Å². The van der Waals surface area contributed by atoms with E-state index in [-0.39, 0.29) is 23.2 Å². The monoisotopic (exact) mass is 463 g/mol. The van der Waals surface area contributed by atoms with Crippen molar-refractivity contribution < 1.29 is 14.0 Å². The maximum atomic E-state index is 14.8. The summed E-state index contributed by atoms with van der Waals surface area (Å²) in [4.78, 5) is 32.5. The SMILES string of the molecule is CNC(=O)[C@@H](NC(=O)c1nc(-c2ccc(Cl)cc2F)n2c1CN(C)C(C)CC2)C(C)(C)C. The van der Waals surface area contributed by atoms with Crippen LogP contribution >= 0.6 is 11.6 Å². The maximum Gasteiger partial charge on any atom is 0.272 e. The Morgan fingerprint density at radius 1 is 1.31 bits per heavy atom. The summed E-state index contributed by atoms with van der Waals surface area (Å²) in [6.07, 6.45) is 0.825. The van der Waals surface area contributed by atoms with E-state index in [0.717, 1.165) is 6.42 Å². The molecule has 1 aliphatic heterocycles. The molecule has 0 bridgehead atoms. The van der Waals surface area contributed by atoms with E-state index < -0.39 is 23.2 Å². The highest BCUT2D eigenvalue weighted by atomic mass is 35.5. The lowest BCUT2D eigenvalue weighted by molar-refractivity contribution is -0.124. The molecule has 0 saturated heterocycles. The smallest absolute Gasteiger partial charge is 0.272 e. The molecule has 1 aromatic heterocycles. The van der Waals surface area contributed by atoms with Crippen LogP contribution in [0.25, 0.3) is 11.4 Å². The third-order valence-electron chi connectivity index (χ3n) is 6.03. The first kappa shape index (κ1) is 24.2. The summed E-state index contributed by atoms with van der Waals surface area (Å²) in [6.45, 7) is 8.83. The van der Waals surface area contributed by atoms with Gasteiger partial charge in [-0.3, -0.25) is 14.5 Å². The summed E-state index contributed by atoms with van der Waals surface area (Å²) in [6, 6.07) is 3.95. The van der Waals surface area contributed by atoms with Crippen LogP contribution in [0.2, 0.25) is 5.02 Å². The number of aromatic nitrogens is 2. The van der Waals surface area contributed by atoms with Crippen molar-refractivity contribution >= 4 is 23.4 Å².